The number of para-hydroxylation sites is 3. The Morgan fingerprint density at radius 2 is 0.697 bits per heavy atom. The molecule has 0 bridgehead atoms. The average Bonchev–Trinajstić information content (AvgIpc) is 4.35. The summed E-state index contributed by atoms with van der Waals surface area (Å²) in [5.74, 6) is 0. The lowest BCUT2D eigenvalue weighted by atomic mass is 9.65. The topological polar surface area (TPSA) is 8.17 Å². The van der Waals surface area contributed by atoms with Crippen molar-refractivity contribution in [3.8, 4) is 39.1 Å². The highest BCUT2D eigenvalue weighted by Crippen LogP contribution is 2.66. The smallest absolute Gasteiger partial charge is 0.0755 e. The molecule has 76 heavy (non-hydrogen) atoms. The van der Waals surface area contributed by atoms with E-state index in [-0.39, 0.29) is 0 Å². The van der Waals surface area contributed by atoms with E-state index in [1.54, 1.807) is 0 Å². The zero-order valence-corrected chi connectivity index (χ0v) is 41.3. The summed E-state index contributed by atoms with van der Waals surface area (Å²) >= 11 is 0. The largest absolute Gasteiger partial charge is 0.310 e. The molecule has 1 unspecified atom stereocenters. The summed E-state index contributed by atoms with van der Waals surface area (Å²) in [6.07, 6.45) is 0. The number of aromatic nitrogens is 1. The maximum atomic E-state index is 2.61. The second kappa shape index (κ2) is 14.5. The van der Waals surface area contributed by atoms with Gasteiger partial charge in [-0.3, -0.25) is 0 Å². The third-order valence-corrected chi connectivity index (χ3v) is 18.2. The Hall–Kier alpha value is -9.76. The molecule has 14 aromatic rings. The first kappa shape index (κ1) is 40.7. The van der Waals surface area contributed by atoms with Crippen LogP contribution in [-0.4, -0.2) is 4.57 Å². The summed E-state index contributed by atoms with van der Waals surface area (Å²) < 4.78 is 2.54. The Morgan fingerprint density at radius 1 is 0.263 bits per heavy atom. The van der Waals surface area contributed by atoms with Crippen molar-refractivity contribution in [3.63, 3.8) is 0 Å². The molecule has 2 spiro atoms. The SMILES string of the molecule is c1ccc2c(c1)-c1ccccc1C21c2ccccc2-c2ccc(N(c3ccc4c5ccccc5c5ccccc5c4c3)c3cccc4c3-c3ccccc3C43c4ccccc4-n4c5ccccc5c5cccc3c54)cc21. The van der Waals surface area contributed by atoms with Gasteiger partial charge in [-0.05, 0) is 147 Å². The quantitative estimate of drug-likeness (QED) is 0.160. The van der Waals surface area contributed by atoms with Crippen molar-refractivity contribution in [2.45, 2.75) is 10.8 Å². The van der Waals surface area contributed by atoms with E-state index >= 15 is 0 Å². The van der Waals surface area contributed by atoms with Crippen molar-refractivity contribution in [2.75, 3.05) is 4.90 Å². The van der Waals surface area contributed by atoms with E-state index in [0.717, 1.165) is 17.1 Å². The fourth-order valence-corrected chi connectivity index (χ4v) is 15.5. The molecule has 18 rings (SSSR count). The van der Waals surface area contributed by atoms with Crippen LogP contribution in [0.2, 0.25) is 0 Å². The fourth-order valence-electron chi connectivity index (χ4n) is 15.5. The molecule has 0 amide bonds. The van der Waals surface area contributed by atoms with Crippen LogP contribution in [0, 0.1) is 0 Å². The first-order valence-corrected chi connectivity index (χ1v) is 26.7. The van der Waals surface area contributed by atoms with Crippen LogP contribution in [-0.2, 0) is 10.8 Å². The molecule has 0 fully saturated rings. The van der Waals surface area contributed by atoms with Gasteiger partial charge in [-0.2, -0.15) is 0 Å². The van der Waals surface area contributed by atoms with Gasteiger partial charge in [0.25, 0.3) is 0 Å². The first-order valence-electron chi connectivity index (χ1n) is 26.7. The zero-order valence-electron chi connectivity index (χ0n) is 41.3. The second-order valence-corrected chi connectivity index (χ2v) is 21.3. The molecule has 13 aromatic carbocycles. The molecule has 2 heterocycles. The van der Waals surface area contributed by atoms with E-state index in [1.165, 1.54) is 138 Å². The van der Waals surface area contributed by atoms with Crippen molar-refractivity contribution < 1.29 is 0 Å². The fraction of sp³-hybridized carbons (Fsp3) is 0.0270. The van der Waals surface area contributed by atoms with Gasteiger partial charge in [0.15, 0.2) is 0 Å². The molecule has 3 aliphatic carbocycles. The van der Waals surface area contributed by atoms with Gasteiger partial charge in [-0.15, -0.1) is 0 Å². The lowest BCUT2D eigenvalue weighted by molar-refractivity contribution is 0.748. The summed E-state index contributed by atoms with van der Waals surface area (Å²) in [7, 11) is 0. The molecule has 0 saturated heterocycles. The van der Waals surface area contributed by atoms with Gasteiger partial charge >= 0.3 is 0 Å². The molecule has 0 saturated carbocycles. The molecule has 4 aliphatic rings. The Kier molecular flexibility index (Phi) is 7.77. The molecule has 350 valence electrons. The van der Waals surface area contributed by atoms with E-state index in [9.17, 15) is 0 Å². The number of nitrogens with zero attached hydrogens (tertiary/aromatic N) is 2. The zero-order chi connectivity index (χ0) is 49.4. The van der Waals surface area contributed by atoms with Crippen molar-refractivity contribution in [1.29, 1.82) is 0 Å². The second-order valence-electron chi connectivity index (χ2n) is 21.3. The van der Waals surface area contributed by atoms with E-state index in [1.807, 2.05) is 0 Å². The van der Waals surface area contributed by atoms with Crippen molar-refractivity contribution in [1.82, 2.24) is 4.57 Å². The average molecular weight is 961 g/mol. The highest BCUT2D eigenvalue weighted by molar-refractivity contribution is 6.26. The van der Waals surface area contributed by atoms with Crippen molar-refractivity contribution in [2.24, 2.45) is 0 Å². The van der Waals surface area contributed by atoms with Gasteiger partial charge in [0.05, 0.1) is 33.2 Å². The van der Waals surface area contributed by atoms with Crippen molar-refractivity contribution >= 4 is 71.2 Å². The van der Waals surface area contributed by atoms with E-state index in [2.05, 4.69) is 276 Å². The van der Waals surface area contributed by atoms with Crippen LogP contribution in [0.1, 0.15) is 44.5 Å². The van der Waals surface area contributed by atoms with Crippen LogP contribution >= 0.6 is 0 Å². The molecule has 0 N–H and O–H groups in total. The Bertz CT molecular complexity index is 4820. The van der Waals surface area contributed by atoms with Crippen molar-refractivity contribution in [3.05, 3.63) is 311 Å². The van der Waals surface area contributed by atoms with Gasteiger partial charge in [-0.1, -0.05) is 224 Å². The van der Waals surface area contributed by atoms with Gasteiger partial charge in [0, 0.05) is 27.7 Å². The highest BCUT2D eigenvalue weighted by Gasteiger charge is 2.54. The Balaban J connectivity index is 0.968. The van der Waals surface area contributed by atoms with Crippen LogP contribution in [0.25, 0.3) is 93.2 Å². The monoisotopic (exact) mass is 960 g/mol. The normalized spacial score (nSPS) is 15.5. The van der Waals surface area contributed by atoms with Crippen LogP contribution in [0.15, 0.2) is 267 Å². The number of rotatable bonds is 3. The highest BCUT2D eigenvalue weighted by atomic mass is 15.1. The minimum Gasteiger partial charge on any atom is -0.310 e. The standard InChI is InChI=1S/C74H44N2/c1-2-21-49-47(19-1)48-20-3-4-22-50(48)59-43-45(39-41-51(49)59)75(46-40-42-55-54-25-7-12-31-62(54)73(67(55)44-46)60-29-10-5-23-52(60)53-24-6-11-30-61(53)73)70-38-18-34-65-71(70)58-27-8-13-32-63(58)74(65)64-33-14-16-37-69(64)76-68-36-15-9-26-56(68)57-28-17-35-66(74)72(57)76/h1-44H. The van der Waals surface area contributed by atoms with Gasteiger partial charge in [0.1, 0.15) is 0 Å². The van der Waals surface area contributed by atoms with Gasteiger partial charge in [0.2, 0.25) is 0 Å². The first-order chi connectivity index (χ1) is 37.7. The van der Waals surface area contributed by atoms with E-state index in [0.29, 0.717) is 0 Å². The van der Waals surface area contributed by atoms with E-state index < -0.39 is 10.8 Å². The van der Waals surface area contributed by atoms with Crippen LogP contribution in [0.4, 0.5) is 17.1 Å². The minimum atomic E-state index is -0.604. The number of hydrogen-bond acceptors (Lipinski definition) is 1. The maximum Gasteiger partial charge on any atom is 0.0755 e. The molecule has 0 radical (unpaired) electrons. The van der Waals surface area contributed by atoms with Crippen LogP contribution in [0.3, 0.4) is 0 Å². The maximum absolute atomic E-state index is 2.61. The minimum absolute atomic E-state index is 0.502. The number of anilines is 3. The molecule has 1 atom stereocenters. The third-order valence-electron chi connectivity index (χ3n) is 18.2. The van der Waals surface area contributed by atoms with Gasteiger partial charge in [-0.25, -0.2) is 0 Å². The molecular formula is C74H44N2. The predicted molar refractivity (Wildman–Crippen MR) is 315 cm³/mol. The lowest BCUT2D eigenvalue weighted by Gasteiger charge is -2.39. The summed E-state index contributed by atoms with van der Waals surface area (Å²) in [5, 5.41) is 10.1. The van der Waals surface area contributed by atoms with Gasteiger partial charge < -0.3 is 9.47 Å². The molecule has 2 nitrogen and oxygen atoms in total. The molecular weight excluding hydrogens is 917 g/mol. The summed E-state index contributed by atoms with van der Waals surface area (Å²) in [6.45, 7) is 0. The Labute approximate surface area is 439 Å². The third kappa shape index (κ3) is 4.76. The predicted octanol–water partition coefficient (Wildman–Crippen LogP) is 18.7. The molecule has 1 aliphatic heterocycles. The summed E-state index contributed by atoms with van der Waals surface area (Å²) in [4.78, 5) is 2.61. The Morgan fingerprint density at radius 3 is 1.37 bits per heavy atom. The molecule has 2 heteroatoms. The summed E-state index contributed by atoms with van der Waals surface area (Å²) in [5.41, 5.74) is 24.3. The number of fused-ring (bicyclic) bond motifs is 28. The molecule has 1 aromatic heterocycles. The van der Waals surface area contributed by atoms with Crippen LogP contribution < -0.4 is 4.90 Å². The van der Waals surface area contributed by atoms with E-state index in [4.69, 9.17) is 0 Å². The summed E-state index contributed by atoms with van der Waals surface area (Å²) in [6, 6.07) is 102. The van der Waals surface area contributed by atoms with Crippen LogP contribution in [0.5, 0.6) is 0 Å². The lowest BCUT2D eigenvalue weighted by Crippen LogP contribution is -2.33. The number of benzene rings is 13. The number of hydrogen-bond donors (Lipinski definition) is 0.